The van der Waals surface area contributed by atoms with Gasteiger partial charge in [0.25, 0.3) is 5.56 Å². The average molecular weight is 249 g/mol. The Hall–Kier alpha value is -1.88. The maximum Gasteiger partial charge on any atom is 0.337 e. The van der Waals surface area contributed by atoms with Crippen molar-refractivity contribution < 1.29 is 9.90 Å². The Morgan fingerprint density at radius 3 is 2.82 bits per heavy atom. The molecular weight excluding hydrogens is 238 g/mol. The Bertz CT molecular complexity index is 612. The molecule has 4 nitrogen and oxygen atoms in total. The van der Waals surface area contributed by atoms with E-state index in [0.717, 1.165) is 16.9 Å². The number of rotatable bonds is 3. The van der Waals surface area contributed by atoms with E-state index in [0.29, 0.717) is 5.56 Å². The van der Waals surface area contributed by atoms with Gasteiger partial charge in [-0.3, -0.25) is 4.79 Å². The monoisotopic (exact) mass is 249 g/mol. The zero-order valence-corrected chi connectivity index (χ0v) is 10.0. The lowest BCUT2D eigenvalue weighted by Gasteiger charge is -1.98. The van der Waals surface area contributed by atoms with E-state index in [1.54, 1.807) is 0 Å². The van der Waals surface area contributed by atoms with Gasteiger partial charge in [-0.15, -0.1) is 11.3 Å². The summed E-state index contributed by atoms with van der Waals surface area (Å²) in [5.74, 6) is -1.05. The molecule has 2 aromatic rings. The molecule has 0 saturated heterocycles. The topological polar surface area (TPSA) is 70.2 Å². The lowest BCUT2D eigenvalue weighted by atomic mass is 10.1. The summed E-state index contributed by atoms with van der Waals surface area (Å²) in [6.07, 6.45) is 2.11. The third kappa shape index (κ3) is 2.29. The number of nitrogens with one attached hydrogen (secondary N) is 1. The number of hydrogen-bond donors (Lipinski definition) is 2. The highest BCUT2D eigenvalue weighted by Crippen LogP contribution is 2.25. The first-order chi connectivity index (χ1) is 8.11. The van der Waals surface area contributed by atoms with Crippen LogP contribution in [0.4, 0.5) is 0 Å². The summed E-state index contributed by atoms with van der Waals surface area (Å²) in [6.45, 7) is 2.03. The molecule has 0 fully saturated rings. The van der Waals surface area contributed by atoms with E-state index in [1.807, 2.05) is 18.4 Å². The van der Waals surface area contributed by atoms with Gasteiger partial charge in [-0.1, -0.05) is 6.92 Å². The first kappa shape index (κ1) is 11.6. The van der Waals surface area contributed by atoms with Crippen LogP contribution in [0, 0.1) is 0 Å². The molecule has 2 aromatic heterocycles. The number of thiophene rings is 1. The molecule has 0 unspecified atom stereocenters. The number of pyridine rings is 1. The Labute approximate surface area is 102 Å². The fraction of sp³-hybridized carbons (Fsp3) is 0.167. The van der Waals surface area contributed by atoms with Crippen LogP contribution in [0.1, 0.15) is 22.8 Å². The zero-order valence-electron chi connectivity index (χ0n) is 9.19. The van der Waals surface area contributed by atoms with Gasteiger partial charge >= 0.3 is 5.97 Å². The number of H-pyrrole nitrogens is 1. The second-order valence-electron chi connectivity index (χ2n) is 3.61. The smallest absolute Gasteiger partial charge is 0.337 e. The van der Waals surface area contributed by atoms with Crippen LogP contribution in [0.5, 0.6) is 0 Å². The van der Waals surface area contributed by atoms with E-state index in [1.165, 1.54) is 23.6 Å². The van der Waals surface area contributed by atoms with Gasteiger partial charge in [-0.05, 0) is 29.5 Å². The number of carboxylic acids is 1. The Morgan fingerprint density at radius 2 is 2.24 bits per heavy atom. The van der Waals surface area contributed by atoms with Crippen molar-refractivity contribution in [2.24, 2.45) is 0 Å². The summed E-state index contributed by atoms with van der Waals surface area (Å²) >= 11 is 1.45. The largest absolute Gasteiger partial charge is 0.478 e. The minimum Gasteiger partial charge on any atom is -0.478 e. The van der Waals surface area contributed by atoms with E-state index in [4.69, 9.17) is 5.11 Å². The van der Waals surface area contributed by atoms with Crippen molar-refractivity contribution in [1.82, 2.24) is 4.98 Å². The van der Waals surface area contributed by atoms with Gasteiger partial charge in [0.2, 0.25) is 0 Å². The van der Waals surface area contributed by atoms with E-state index in [9.17, 15) is 9.59 Å². The molecule has 0 amide bonds. The molecule has 0 aliphatic heterocycles. The molecular formula is C12H11NO3S. The molecule has 0 saturated carbocycles. The second kappa shape index (κ2) is 4.55. The van der Waals surface area contributed by atoms with Gasteiger partial charge in [0.05, 0.1) is 11.1 Å². The van der Waals surface area contributed by atoms with Gasteiger partial charge in [0, 0.05) is 11.1 Å². The Kier molecular flexibility index (Phi) is 3.10. The maximum atomic E-state index is 11.7. The summed E-state index contributed by atoms with van der Waals surface area (Å²) < 4.78 is 0. The number of aromatic amines is 1. The number of carbonyl (C=O) groups is 1. The van der Waals surface area contributed by atoms with Gasteiger partial charge in [0.1, 0.15) is 0 Å². The zero-order chi connectivity index (χ0) is 12.4. The highest BCUT2D eigenvalue weighted by molar-refractivity contribution is 7.13. The fourth-order valence-corrected chi connectivity index (χ4v) is 2.50. The molecule has 0 spiro atoms. The third-order valence-corrected chi connectivity index (χ3v) is 3.49. The van der Waals surface area contributed by atoms with E-state index in [-0.39, 0.29) is 11.1 Å². The lowest BCUT2D eigenvalue weighted by Crippen LogP contribution is -2.10. The van der Waals surface area contributed by atoms with Gasteiger partial charge in [-0.2, -0.15) is 0 Å². The molecule has 2 heterocycles. The maximum absolute atomic E-state index is 11.7. The second-order valence-corrected chi connectivity index (χ2v) is 4.52. The molecule has 2 N–H and O–H groups in total. The Morgan fingerprint density at radius 1 is 1.47 bits per heavy atom. The summed E-state index contributed by atoms with van der Waals surface area (Å²) in [7, 11) is 0. The van der Waals surface area contributed by atoms with Crippen molar-refractivity contribution >= 4 is 17.3 Å². The van der Waals surface area contributed by atoms with Gasteiger partial charge in [0.15, 0.2) is 0 Å². The predicted octanol–water partition coefficient (Wildman–Crippen LogP) is 2.36. The van der Waals surface area contributed by atoms with Gasteiger partial charge < -0.3 is 10.1 Å². The van der Waals surface area contributed by atoms with Crippen LogP contribution in [-0.4, -0.2) is 16.1 Å². The van der Waals surface area contributed by atoms with Crippen molar-refractivity contribution in [3.05, 3.63) is 45.2 Å². The molecule has 0 aliphatic rings. The average Bonchev–Trinajstić information content (AvgIpc) is 2.77. The number of hydrogen-bond acceptors (Lipinski definition) is 3. The quantitative estimate of drug-likeness (QED) is 0.877. The number of aryl methyl sites for hydroxylation is 1. The Balaban J connectivity index is 2.54. The molecule has 0 aliphatic carbocycles. The predicted molar refractivity (Wildman–Crippen MR) is 66.7 cm³/mol. The third-order valence-electron chi connectivity index (χ3n) is 2.48. The van der Waals surface area contributed by atoms with Crippen LogP contribution in [0.3, 0.4) is 0 Å². The molecule has 5 heteroatoms. The molecule has 0 bridgehead atoms. The molecule has 17 heavy (non-hydrogen) atoms. The first-order valence-corrected chi connectivity index (χ1v) is 6.03. The first-order valence-electron chi connectivity index (χ1n) is 5.15. The van der Waals surface area contributed by atoms with E-state index >= 15 is 0 Å². The molecule has 0 radical (unpaired) electrons. The van der Waals surface area contributed by atoms with E-state index < -0.39 is 5.97 Å². The normalized spacial score (nSPS) is 10.4. The molecule has 0 atom stereocenters. The summed E-state index contributed by atoms with van der Waals surface area (Å²) in [6, 6.07) is 3.33. The molecule has 88 valence electrons. The van der Waals surface area contributed by atoms with Crippen molar-refractivity contribution in [3.8, 4) is 10.4 Å². The summed E-state index contributed by atoms with van der Waals surface area (Å²) in [4.78, 5) is 25.7. The van der Waals surface area contributed by atoms with Crippen molar-refractivity contribution in [3.63, 3.8) is 0 Å². The summed E-state index contributed by atoms with van der Waals surface area (Å²) in [5.41, 5.74) is 1.38. The number of aromatic nitrogens is 1. The van der Waals surface area contributed by atoms with Crippen molar-refractivity contribution in [2.75, 3.05) is 0 Å². The van der Waals surface area contributed by atoms with E-state index in [2.05, 4.69) is 4.98 Å². The fourth-order valence-electron chi connectivity index (χ4n) is 1.49. The molecule has 0 aromatic carbocycles. The molecule has 2 rings (SSSR count). The minimum atomic E-state index is -1.05. The van der Waals surface area contributed by atoms with Crippen LogP contribution in [0.25, 0.3) is 10.4 Å². The van der Waals surface area contributed by atoms with Crippen LogP contribution in [0.15, 0.2) is 28.5 Å². The lowest BCUT2D eigenvalue weighted by molar-refractivity contribution is 0.0696. The van der Waals surface area contributed by atoms with Crippen molar-refractivity contribution in [1.29, 1.82) is 0 Å². The van der Waals surface area contributed by atoms with Crippen LogP contribution in [-0.2, 0) is 6.42 Å². The van der Waals surface area contributed by atoms with Crippen LogP contribution < -0.4 is 5.56 Å². The van der Waals surface area contributed by atoms with Gasteiger partial charge in [-0.25, -0.2) is 4.79 Å². The van der Waals surface area contributed by atoms with Crippen molar-refractivity contribution in [2.45, 2.75) is 13.3 Å². The standard InChI is InChI=1S/C12H11NO3S/c1-2-7-3-10(17-6-7)9-4-8(12(15)16)5-13-11(9)14/h3-6H,2H2,1H3,(H,13,14)(H,15,16). The highest BCUT2D eigenvalue weighted by atomic mass is 32.1. The van der Waals surface area contributed by atoms with Crippen LogP contribution in [0.2, 0.25) is 0 Å². The minimum absolute atomic E-state index is 0.0889. The number of carboxylic acid groups (broad SMARTS) is 1. The number of aromatic carboxylic acids is 1. The highest BCUT2D eigenvalue weighted by Gasteiger charge is 2.10. The van der Waals surface area contributed by atoms with Crippen LogP contribution >= 0.6 is 11.3 Å². The SMILES string of the molecule is CCc1csc(-c2cc(C(=O)O)c[nH]c2=O)c1. The summed E-state index contributed by atoms with van der Waals surface area (Å²) in [5, 5.41) is 10.9.